The molecular formula is C26H20O3. The topological polar surface area (TPSA) is 38.8 Å². The summed E-state index contributed by atoms with van der Waals surface area (Å²) in [5, 5.41) is 2.28. The number of para-hydroxylation sites is 1. The number of benzene rings is 4. The van der Waals surface area contributed by atoms with E-state index in [1.165, 1.54) is 0 Å². The van der Waals surface area contributed by atoms with Crippen LogP contribution in [-0.2, 0) is 11.3 Å². The SMILES string of the molecule is O=C(c1ccccc1OCc1ccccc1)C1OC1c1cccc2ccccc12. The Morgan fingerprint density at radius 1 is 0.793 bits per heavy atom. The van der Waals surface area contributed by atoms with Gasteiger partial charge in [-0.15, -0.1) is 0 Å². The maximum absolute atomic E-state index is 13.2. The molecule has 4 aromatic carbocycles. The van der Waals surface area contributed by atoms with E-state index in [2.05, 4.69) is 18.2 Å². The highest BCUT2D eigenvalue weighted by molar-refractivity contribution is 6.04. The molecule has 29 heavy (non-hydrogen) atoms. The van der Waals surface area contributed by atoms with Crippen LogP contribution in [0.25, 0.3) is 10.8 Å². The van der Waals surface area contributed by atoms with E-state index in [1.54, 1.807) is 0 Å². The van der Waals surface area contributed by atoms with E-state index >= 15 is 0 Å². The Bertz CT molecular complexity index is 1160. The number of rotatable bonds is 6. The minimum absolute atomic E-state index is 0.0356. The zero-order chi connectivity index (χ0) is 19.6. The average Bonchev–Trinajstić information content (AvgIpc) is 3.58. The van der Waals surface area contributed by atoms with Crippen LogP contribution >= 0.6 is 0 Å². The van der Waals surface area contributed by atoms with Crippen LogP contribution in [0.3, 0.4) is 0 Å². The van der Waals surface area contributed by atoms with Crippen molar-refractivity contribution in [3.63, 3.8) is 0 Å². The van der Waals surface area contributed by atoms with Crippen molar-refractivity contribution in [2.75, 3.05) is 0 Å². The lowest BCUT2D eigenvalue weighted by atomic mass is 9.98. The molecule has 4 aromatic rings. The smallest absolute Gasteiger partial charge is 0.198 e. The van der Waals surface area contributed by atoms with Gasteiger partial charge in [-0.05, 0) is 34.0 Å². The summed E-state index contributed by atoms with van der Waals surface area (Å²) in [5.41, 5.74) is 2.69. The van der Waals surface area contributed by atoms with E-state index in [0.29, 0.717) is 17.9 Å². The molecule has 0 bridgehead atoms. The van der Waals surface area contributed by atoms with Crippen molar-refractivity contribution in [3.05, 3.63) is 114 Å². The van der Waals surface area contributed by atoms with Crippen molar-refractivity contribution in [1.82, 2.24) is 0 Å². The fourth-order valence-electron chi connectivity index (χ4n) is 3.73. The molecule has 142 valence electrons. The molecule has 2 unspecified atom stereocenters. The van der Waals surface area contributed by atoms with E-state index in [0.717, 1.165) is 21.9 Å². The molecule has 3 heteroatoms. The van der Waals surface area contributed by atoms with Crippen LogP contribution < -0.4 is 4.74 Å². The maximum atomic E-state index is 13.2. The molecule has 2 atom stereocenters. The van der Waals surface area contributed by atoms with Gasteiger partial charge in [0.15, 0.2) is 11.9 Å². The summed E-state index contributed by atoms with van der Waals surface area (Å²) < 4.78 is 11.8. The molecular weight excluding hydrogens is 360 g/mol. The lowest BCUT2D eigenvalue weighted by Crippen LogP contribution is -2.11. The van der Waals surface area contributed by atoms with Crippen LogP contribution in [0.4, 0.5) is 0 Å². The third-order valence-corrected chi connectivity index (χ3v) is 5.27. The van der Waals surface area contributed by atoms with Gasteiger partial charge in [0.1, 0.15) is 18.5 Å². The van der Waals surface area contributed by atoms with Gasteiger partial charge in [0.2, 0.25) is 0 Å². The molecule has 0 N–H and O–H groups in total. The number of fused-ring (bicyclic) bond motifs is 1. The highest BCUT2D eigenvalue weighted by Gasteiger charge is 2.47. The van der Waals surface area contributed by atoms with Crippen molar-refractivity contribution in [1.29, 1.82) is 0 Å². The third kappa shape index (κ3) is 3.53. The largest absolute Gasteiger partial charge is 0.488 e. The Morgan fingerprint density at radius 2 is 1.52 bits per heavy atom. The molecule has 0 aromatic heterocycles. The van der Waals surface area contributed by atoms with Gasteiger partial charge in [-0.1, -0.05) is 84.9 Å². The summed E-state index contributed by atoms with van der Waals surface area (Å²) >= 11 is 0. The molecule has 1 saturated heterocycles. The predicted octanol–water partition coefficient (Wildman–Crippen LogP) is 5.74. The maximum Gasteiger partial charge on any atom is 0.198 e. The standard InChI is InChI=1S/C26H20O3/c27-24(22-14-6-7-16-23(22)28-17-18-9-2-1-3-10-18)26-25(29-26)21-15-8-12-19-11-4-5-13-20(19)21/h1-16,25-26H,17H2. The minimum atomic E-state index is -0.470. The number of ether oxygens (including phenoxy) is 2. The zero-order valence-corrected chi connectivity index (χ0v) is 15.8. The fourth-order valence-corrected chi connectivity index (χ4v) is 3.73. The van der Waals surface area contributed by atoms with Gasteiger partial charge in [-0.3, -0.25) is 4.79 Å². The zero-order valence-electron chi connectivity index (χ0n) is 15.8. The van der Waals surface area contributed by atoms with Crippen LogP contribution in [0.2, 0.25) is 0 Å². The number of carbonyl (C=O) groups excluding carboxylic acids is 1. The highest BCUT2D eigenvalue weighted by Crippen LogP contribution is 2.44. The van der Waals surface area contributed by atoms with Gasteiger partial charge in [0.05, 0.1) is 5.56 Å². The second-order valence-electron chi connectivity index (χ2n) is 7.18. The van der Waals surface area contributed by atoms with E-state index in [9.17, 15) is 4.79 Å². The second kappa shape index (κ2) is 7.53. The molecule has 1 aliphatic rings. The van der Waals surface area contributed by atoms with Gasteiger partial charge in [-0.25, -0.2) is 0 Å². The monoisotopic (exact) mass is 380 g/mol. The van der Waals surface area contributed by atoms with Crippen molar-refractivity contribution in [2.24, 2.45) is 0 Å². The third-order valence-electron chi connectivity index (χ3n) is 5.27. The minimum Gasteiger partial charge on any atom is -0.488 e. The van der Waals surface area contributed by atoms with E-state index in [-0.39, 0.29) is 11.9 Å². The van der Waals surface area contributed by atoms with Gasteiger partial charge < -0.3 is 9.47 Å². The lowest BCUT2D eigenvalue weighted by molar-refractivity contribution is 0.0949. The first kappa shape index (κ1) is 17.7. The second-order valence-corrected chi connectivity index (χ2v) is 7.18. The summed E-state index contributed by atoms with van der Waals surface area (Å²) in [5.74, 6) is 0.556. The van der Waals surface area contributed by atoms with Gasteiger partial charge in [0.25, 0.3) is 0 Å². The number of ketones is 1. The van der Waals surface area contributed by atoms with Crippen LogP contribution in [0, 0.1) is 0 Å². The van der Waals surface area contributed by atoms with E-state index in [4.69, 9.17) is 9.47 Å². The number of carbonyl (C=O) groups is 1. The fraction of sp³-hybridized carbons (Fsp3) is 0.115. The highest BCUT2D eigenvalue weighted by atomic mass is 16.6. The molecule has 1 fully saturated rings. The summed E-state index contributed by atoms with van der Waals surface area (Å²) in [6, 6.07) is 31.6. The Labute approximate surface area is 169 Å². The van der Waals surface area contributed by atoms with Crippen molar-refractivity contribution < 1.29 is 14.3 Å². The Hall–Kier alpha value is -3.43. The quantitative estimate of drug-likeness (QED) is 0.316. The van der Waals surface area contributed by atoms with Crippen molar-refractivity contribution >= 4 is 16.6 Å². The van der Waals surface area contributed by atoms with Crippen LogP contribution in [0.1, 0.15) is 27.6 Å². The number of Topliss-reactive ketones (excluding diaryl/α,β-unsaturated/α-hetero) is 1. The number of hydrogen-bond acceptors (Lipinski definition) is 3. The molecule has 0 aliphatic carbocycles. The summed E-state index contributed by atoms with van der Waals surface area (Å²) in [4.78, 5) is 13.2. The van der Waals surface area contributed by atoms with Crippen LogP contribution in [0.5, 0.6) is 5.75 Å². The predicted molar refractivity (Wildman–Crippen MR) is 113 cm³/mol. The van der Waals surface area contributed by atoms with E-state index in [1.807, 2.05) is 78.9 Å². The molecule has 1 heterocycles. The summed E-state index contributed by atoms with van der Waals surface area (Å²) in [7, 11) is 0. The summed E-state index contributed by atoms with van der Waals surface area (Å²) in [6.07, 6.45) is -0.682. The first-order valence-electron chi connectivity index (χ1n) is 9.74. The van der Waals surface area contributed by atoms with Crippen molar-refractivity contribution in [3.8, 4) is 5.75 Å². The summed E-state index contributed by atoms with van der Waals surface area (Å²) in [6.45, 7) is 0.420. The molecule has 0 amide bonds. The molecule has 1 aliphatic heterocycles. The molecule has 0 radical (unpaired) electrons. The number of hydrogen-bond donors (Lipinski definition) is 0. The molecule has 0 spiro atoms. The normalized spacial score (nSPS) is 17.8. The average molecular weight is 380 g/mol. The van der Waals surface area contributed by atoms with Gasteiger partial charge in [0, 0.05) is 0 Å². The van der Waals surface area contributed by atoms with Crippen LogP contribution in [0.15, 0.2) is 97.1 Å². The molecule has 5 rings (SSSR count). The van der Waals surface area contributed by atoms with Crippen molar-refractivity contribution in [2.45, 2.75) is 18.8 Å². The molecule has 0 saturated carbocycles. The Balaban J connectivity index is 1.37. The van der Waals surface area contributed by atoms with E-state index < -0.39 is 6.10 Å². The Morgan fingerprint density at radius 3 is 2.41 bits per heavy atom. The van der Waals surface area contributed by atoms with Gasteiger partial charge in [-0.2, -0.15) is 0 Å². The Kier molecular flexibility index (Phi) is 4.59. The van der Waals surface area contributed by atoms with Crippen LogP contribution in [-0.4, -0.2) is 11.9 Å². The number of epoxide rings is 1. The first-order valence-corrected chi connectivity index (χ1v) is 9.74. The lowest BCUT2D eigenvalue weighted by Gasteiger charge is -2.10. The first-order chi connectivity index (χ1) is 14.3. The van der Waals surface area contributed by atoms with Gasteiger partial charge >= 0.3 is 0 Å². The molecule has 3 nitrogen and oxygen atoms in total.